The lowest BCUT2D eigenvalue weighted by molar-refractivity contribution is -0.385. The summed E-state index contributed by atoms with van der Waals surface area (Å²) in [5.41, 5.74) is -0.547. The highest BCUT2D eigenvalue weighted by Crippen LogP contribution is 2.28. The molecule has 104 valence electrons. The fourth-order valence-corrected chi connectivity index (χ4v) is 1.64. The average molecular weight is 278 g/mol. The molecule has 0 unspecified atom stereocenters. The van der Waals surface area contributed by atoms with E-state index in [4.69, 9.17) is 14.4 Å². The number of nitrogens with zero attached hydrogens (tertiary/aromatic N) is 2. The zero-order valence-corrected chi connectivity index (χ0v) is 10.4. The van der Waals surface area contributed by atoms with E-state index in [-0.39, 0.29) is 12.4 Å². The van der Waals surface area contributed by atoms with Crippen LogP contribution in [-0.4, -0.2) is 21.2 Å². The number of rotatable bonds is 5. The van der Waals surface area contributed by atoms with Gasteiger partial charge in [-0.2, -0.15) is 0 Å². The molecule has 2 rings (SSSR count). The van der Waals surface area contributed by atoms with Crippen molar-refractivity contribution in [3.8, 4) is 5.75 Å². The molecule has 0 saturated heterocycles. The molecular formula is C12H10N2O6. The summed E-state index contributed by atoms with van der Waals surface area (Å²) in [5.74, 6) is -0.933. The SMILES string of the molecule is Cc1cc(COc2cccc([N+](=O)[O-])c2C(=O)O)no1. The molecule has 0 aliphatic rings. The highest BCUT2D eigenvalue weighted by Gasteiger charge is 2.24. The Morgan fingerprint density at radius 2 is 2.30 bits per heavy atom. The molecule has 0 spiro atoms. The molecule has 2 aromatic rings. The number of aromatic nitrogens is 1. The van der Waals surface area contributed by atoms with Crippen LogP contribution in [0.2, 0.25) is 0 Å². The molecule has 8 nitrogen and oxygen atoms in total. The van der Waals surface area contributed by atoms with E-state index in [9.17, 15) is 14.9 Å². The molecule has 1 aromatic carbocycles. The van der Waals surface area contributed by atoms with E-state index in [1.54, 1.807) is 13.0 Å². The zero-order valence-electron chi connectivity index (χ0n) is 10.4. The minimum atomic E-state index is -1.43. The monoisotopic (exact) mass is 278 g/mol. The van der Waals surface area contributed by atoms with Crippen LogP contribution in [0.1, 0.15) is 21.8 Å². The number of carbonyl (C=O) groups is 1. The van der Waals surface area contributed by atoms with Crippen LogP contribution in [0, 0.1) is 17.0 Å². The fourth-order valence-electron chi connectivity index (χ4n) is 1.64. The summed E-state index contributed by atoms with van der Waals surface area (Å²) in [6.45, 7) is 1.66. The molecule has 1 aromatic heterocycles. The molecule has 0 radical (unpaired) electrons. The quantitative estimate of drug-likeness (QED) is 0.658. The number of hydrogen-bond acceptors (Lipinski definition) is 6. The summed E-state index contributed by atoms with van der Waals surface area (Å²) >= 11 is 0. The standard InChI is InChI=1S/C12H10N2O6/c1-7-5-8(13-20-7)6-19-10-4-2-3-9(14(17)18)11(10)12(15)16/h2-5H,6H2,1H3,(H,15,16). The third-order valence-electron chi connectivity index (χ3n) is 2.47. The van der Waals surface area contributed by atoms with Crippen molar-refractivity contribution in [3.63, 3.8) is 0 Å². The van der Waals surface area contributed by atoms with Crippen LogP contribution >= 0.6 is 0 Å². The van der Waals surface area contributed by atoms with Gasteiger partial charge < -0.3 is 14.4 Å². The van der Waals surface area contributed by atoms with Crippen LogP contribution in [0.3, 0.4) is 0 Å². The number of aryl methyl sites for hydroxylation is 1. The minimum absolute atomic E-state index is 0.0429. The number of hydrogen-bond donors (Lipinski definition) is 1. The van der Waals surface area contributed by atoms with Crippen LogP contribution in [0.4, 0.5) is 5.69 Å². The molecule has 1 heterocycles. The van der Waals surface area contributed by atoms with Gasteiger partial charge in [0.2, 0.25) is 0 Å². The molecule has 20 heavy (non-hydrogen) atoms. The average Bonchev–Trinajstić information content (AvgIpc) is 2.81. The van der Waals surface area contributed by atoms with Gasteiger partial charge in [0.1, 0.15) is 23.8 Å². The van der Waals surface area contributed by atoms with E-state index in [2.05, 4.69) is 5.16 Å². The van der Waals surface area contributed by atoms with E-state index < -0.39 is 22.1 Å². The van der Waals surface area contributed by atoms with Gasteiger partial charge in [0.15, 0.2) is 5.56 Å². The molecule has 0 amide bonds. The van der Waals surface area contributed by atoms with Gasteiger partial charge in [-0.25, -0.2) is 4.79 Å². The Kier molecular flexibility index (Phi) is 3.65. The second-order valence-electron chi connectivity index (χ2n) is 3.93. The number of aromatic carboxylic acids is 1. The van der Waals surface area contributed by atoms with Crippen molar-refractivity contribution in [1.82, 2.24) is 5.16 Å². The number of nitro groups is 1. The smallest absolute Gasteiger partial charge is 0.346 e. The van der Waals surface area contributed by atoms with Crippen molar-refractivity contribution < 1.29 is 24.1 Å². The van der Waals surface area contributed by atoms with Crippen molar-refractivity contribution >= 4 is 11.7 Å². The van der Waals surface area contributed by atoms with E-state index in [1.165, 1.54) is 12.1 Å². The maximum absolute atomic E-state index is 11.1. The number of benzene rings is 1. The first-order valence-electron chi connectivity index (χ1n) is 5.54. The topological polar surface area (TPSA) is 116 Å². The first kappa shape index (κ1) is 13.5. The maximum atomic E-state index is 11.1. The summed E-state index contributed by atoms with van der Waals surface area (Å²) in [4.78, 5) is 21.2. The molecule has 8 heteroatoms. The number of carboxylic acids is 1. The van der Waals surface area contributed by atoms with E-state index in [1.807, 2.05) is 0 Å². The molecule has 0 fully saturated rings. The highest BCUT2D eigenvalue weighted by molar-refractivity contribution is 5.95. The first-order chi connectivity index (χ1) is 9.49. The second-order valence-corrected chi connectivity index (χ2v) is 3.93. The van der Waals surface area contributed by atoms with E-state index in [0.717, 1.165) is 6.07 Å². The van der Waals surface area contributed by atoms with Gasteiger partial charge in [0.05, 0.1) is 4.92 Å². The second kappa shape index (κ2) is 5.39. The third-order valence-corrected chi connectivity index (χ3v) is 2.47. The Morgan fingerprint density at radius 1 is 1.55 bits per heavy atom. The van der Waals surface area contributed by atoms with Gasteiger partial charge in [0, 0.05) is 12.1 Å². The zero-order chi connectivity index (χ0) is 14.7. The van der Waals surface area contributed by atoms with Gasteiger partial charge in [-0.1, -0.05) is 11.2 Å². The van der Waals surface area contributed by atoms with Gasteiger partial charge in [-0.15, -0.1) is 0 Å². The summed E-state index contributed by atoms with van der Waals surface area (Å²) in [6, 6.07) is 5.44. The summed E-state index contributed by atoms with van der Waals surface area (Å²) in [7, 11) is 0. The molecule has 0 bridgehead atoms. The number of ether oxygens (including phenoxy) is 1. The van der Waals surface area contributed by atoms with Gasteiger partial charge in [-0.3, -0.25) is 10.1 Å². The van der Waals surface area contributed by atoms with Crippen LogP contribution < -0.4 is 4.74 Å². The van der Waals surface area contributed by atoms with E-state index >= 15 is 0 Å². The predicted molar refractivity (Wildman–Crippen MR) is 65.6 cm³/mol. The number of nitro benzene ring substituents is 1. The van der Waals surface area contributed by atoms with E-state index in [0.29, 0.717) is 11.5 Å². The van der Waals surface area contributed by atoms with Gasteiger partial charge >= 0.3 is 5.97 Å². The predicted octanol–water partition coefficient (Wildman–Crippen LogP) is 2.17. The molecule has 0 aliphatic heterocycles. The largest absolute Gasteiger partial charge is 0.486 e. The number of carboxylic acid groups (broad SMARTS) is 1. The fraction of sp³-hybridized carbons (Fsp3) is 0.167. The molecule has 0 atom stereocenters. The summed E-state index contributed by atoms with van der Waals surface area (Å²) in [6.07, 6.45) is 0. The molecule has 1 N–H and O–H groups in total. The minimum Gasteiger partial charge on any atom is -0.486 e. The first-order valence-corrected chi connectivity index (χ1v) is 5.54. The summed E-state index contributed by atoms with van der Waals surface area (Å²) in [5, 5.41) is 23.6. The van der Waals surface area contributed by atoms with Crippen LogP contribution in [0.25, 0.3) is 0 Å². The molecule has 0 saturated carbocycles. The lowest BCUT2D eigenvalue weighted by Gasteiger charge is -2.07. The van der Waals surface area contributed by atoms with Gasteiger partial charge in [0.25, 0.3) is 5.69 Å². The maximum Gasteiger partial charge on any atom is 0.346 e. The Labute approximate surface area is 112 Å². The Hall–Kier alpha value is -2.90. The Morgan fingerprint density at radius 3 is 2.85 bits per heavy atom. The normalized spacial score (nSPS) is 10.2. The van der Waals surface area contributed by atoms with Crippen LogP contribution in [0.5, 0.6) is 5.75 Å². The van der Waals surface area contributed by atoms with Crippen molar-refractivity contribution in [1.29, 1.82) is 0 Å². The van der Waals surface area contributed by atoms with Crippen molar-refractivity contribution in [2.75, 3.05) is 0 Å². The lowest BCUT2D eigenvalue weighted by Crippen LogP contribution is -2.07. The van der Waals surface area contributed by atoms with Crippen molar-refractivity contribution in [3.05, 3.63) is 51.4 Å². The van der Waals surface area contributed by atoms with Crippen LogP contribution in [-0.2, 0) is 6.61 Å². The van der Waals surface area contributed by atoms with Crippen molar-refractivity contribution in [2.24, 2.45) is 0 Å². The van der Waals surface area contributed by atoms with Crippen LogP contribution in [0.15, 0.2) is 28.8 Å². The Balaban J connectivity index is 2.29. The summed E-state index contributed by atoms with van der Waals surface area (Å²) < 4.78 is 10.1. The van der Waals surface area contributed by atoms with Crippen molar-refractivity contribution in [2.45, 2.75) is 13.5 Å². The third kappa shape index (κ3) is 2.74. The highest BCUT2D eigenvalue weighted by atomic mass is 16.6. The molecule has 0 aliphatic carbocycles. The van der Waals surface area contributed by atoms with Gasteiger partial charge in [-0.05, 0) is 13.0 Å². The lowest BCUT2D eigenvalue weighted by atomic mass is 10.1. The Bertz CT molecular complexity index is 664. The molecular weight excluding hydrogens is 268 g/mol.